The quantitative estimate of drug-likeness (QED) is 0.775. The second kappa shape index (κ2) is 5.63. The minimum Gasteiger partial charge on any atom is -0.255 e. The van der Waals surface area contributed by atoms with Crippen molar-refractivity contribution in [3.8, 4) is 6.07 Å². The molecule has 0 unspecified atom stereocenters. The van der Waals surface area contributed by atoms with E-state index in [4.69, 9.17) is 0 Å². The lowest BCUT2D eigenvalue weighted by molar-refractivity contribution is 0.623. The summed E-state index contributed by atoms with van der Waals surface area (Å²) in [4.78, 5) is 5.47. The molecule has 1 heterocycles. The van der Waals surface area contributed by atoms with Crippen LogP contribution >= 0.6 is 11.8 Å². The first-order valence-electron chi connectivity index (χ1n) is 6.79. The number of hydrogen-bond donors (Lipinski definition) is 0. The van der Waals surface area contributed by atoms with Gasteiger partial charge in [0, 0.05) is 22.2 Å². The van der Waals surface area contributed by atoms with Crippen LogP contribution in [0.2, 0.25) is 0 Å². The average Bonchev–Trinajstić information content (AvgIpc) is 2.97. The Morgan fingerprint density at radius 2 is 2.05 bits per heavy atom. The molecule has 0 saturated heterocycles. The largest absolute Gasteiger partial charge is 0.255 e. The van der Waals surface area contributed by atoms with Gasteiger partial charge in [0.15, 0.2) is 0 Å². The number of hydrogen-bond acceptors (Lipinski definition) is 3. The van der Waals surface area contributed by atoms with Crippen molar-refractivity contribution in [2.24, 2.45) is 5.92 Å². The highest BCUT2D eigenvalue weighted by molar-refractivity contribution is 7.99. The number of aromatic nitrogens is 1. The van der Waals surface area contributed by atoms with E-state index in [1.54, 1.807) is 6.20 Å². The highest BCUT2D eigenvalue weighted by Crippen LogP contribution is 2.35. The number of thioether (sulfide) groups is 1. The number of fused-ring (bicyclic) bond motifs is 1. The van der Waals surface area contributed by atoms with Gasteiger partial charge in [0.05, 0.1) is 11.1 Å². The van der Waals surface area contributed by atoms with Crippen LogP contribution in [0.1, 0.15) is 31.2 Å². The fraction of sp³-hybridized carbons (Fsp3) is 0.375. The van der Waals surface area contributed by atoms with Crippen LogP contribution < -0.4 is 0 Å². The lowest BCUT2D eigenvalue weighted by Gasteiger charge is -2.11. The van der Waals surface area contributed by atoms with Gasteiger partial charge in [-0.3, -0.25) is 4.98 Å². The molecule has 1 aromatic heterocycles. The van der Waals surface area contributed by atoms with Crippen LogP contribution in [-0.4, -0.2) is 10.7 Å². The molecule has 3 rings (SSSR count). The van der Waals surface area contributed by atoms with Crippen molar-refractivity contribution in [3.63, 3.8) is 0 Å². The molecule has 0 atom stereocenters. The van der Waals surface area contributed by atoms with Crippen molar-refractivity contribution in [2.75, 3.05) is 5.75 Å². The van der Waals surface area contributed by atoms with Gasteiger partial charge in [-0.2, -0.15) is 5.26 Å². The molecule has 1 aromatic carbocycles. The summed E-state index contributed by atoms with van der Waals surface area (Å²) in [5.74, 6) is 1.95. The molecule has 96 valence electrons. The summed E-state index contributed by atoms with van der Waals surface area (Å²) < 4.78 is 0. The monoisotopic (exact) mass is 268 g/mol. The Kier molecular flexibility index (Phi) is 3.70. The Labute approximate surface area is 117 Å². The molecule has 19 heavy (non-hydrogen) atoms. The second-order valence-electron chi connectivity index (χ2n) is 5.09. The average molecular weight is 268 g/mol. The van der Waals surface area contributed by atoms with Gasteiger partial charge in [-0.1, -0.05) is 31.0 Å². The van der Waals surface area contributed by atoms with Crippen LogP contribution in [0, 0.1) is 17.2 Å². The zero-order valence-corrected chi connectivity index (χ0v) is 11.6. The molecule has 1 fully saturated rings. The highest BCUT2D eigenvalue weighted by atomic mass is 32.2. The van der Waals surface area contributed by atoms with Crippen molar-refractivity contribution < 1.29 is 0 Å². The number of benzene rings is 1. The van der Waals surface area contributed by atoms with Gasteiger partial charge in [-0.25, -0.2) is 0 Å². The standard InChI is InChI=1S/C16H16N2S/c17-9-13-10-18-15-8-4-3-7-14(15)16(13)19-11-12-5-1-2-6-12/h3-4,7-8,10,12H,1-2,5-6,11H2. The summed E-state index contributed by atoms with van der Waals surface area (Å²) in [5, 5.41) is 10.4. The summed E-state index contributed by atoms with van der Waals surface area (Å²) in [7, 11) is 0. The lowest BCUT2D eigenvalue weighted by atomic mass is 10.1. The zero-order chi connectivity index (χ0) is 13.1. The van der Waals surface area contributed by atoms with E-state index in [1.807, 2.05) is 30.0 Å². The minimum atomic E-state index is 0.710. The summed E-state index contributed by atoms with van der Waals surface area (Å²) in [6.07, 6.45) is 7.13. The molecule has 2 aromatic rings. The zero-order valence-electron chi connectivity index (χ0n) is 10.8. The number of para-hydroxylation sites is 1. The SMILES string of the molecule is N#Cc1cnc2ccccc2c1SCC1CCCC1. The van der Waals surface area contributed by atoms with Gasteiger partial charge < -0.3 is 0 Å². The van der Waals surface area contributed by atoms with Crippen LogP contribution in [0.15, 0.2) is 35.4 Å². The molecular weight excluding hydrogens is 252 g/mol. The molecule has 1 saturated carbocycles. The van der Waals surface area contributed by atoms with E-state index >= 15 is 0 Å². The highest BCUT2D eigenvalue weighted by Gasteiger charge is 2.17. The molecular formula is C16H16N2S. The minimum absolute atomic E-state index is 0.710. The first kappa shape index (κ1) is 12.5. The van der Waals surface area contributed by atoms with Gasteiger partial charge >= 0.3 is 0 Å². The molecule has 0 spiro atoms. The van der Waals surface area contributed by atoms with E-state index in [0.717, 1.165) is 27.5 Å². The summed E-state index contributed by atoms with van der Waals surface area (Å²) in [5.41, 5.74) is 1.69. The Balaban J connectivity index is 1.93. The molecule has 1 aliphatic carbocycles. The second-order valence-corrected chi connectivity index (χ2v) is 6.12. The number of rotatable bonds is 3. The maximum absolute atomic E-state index is 9.27. The topological polar surface area (TPSA) is 36.7 Å². The van der Waals surface area contributed by atoms with Crippen LogP contribution in [0.5, 0.6) is 0 Å². The van der Waals surface area contributed by atoms with Crippen molar-refractivity contribution in [1.82, 2.24) is 4.98 Å². The molecule has 0 radical (unpaired) electrons. The Morgan fingerprint density at radius 1 is 1.26 bits per heavy atom. The summed E-state index contributed by atoms with van der Waals surface area (Å²) >= 11 is 1.84. The van der Waals surface area contributed by atoms with E-state index in [9.17, 15) is 5.26 Å². The predicted octanol–water partition coefficient (Wildman–Crippen LogP) is 4.39. The summed E-state index contributed by atoms with van der Waals surface area (Å²) in [6.45, 7) is 0. The third kappa shape index (κ3) is 2.59. The van der Waals surface area contributed by atoms with Gasteiger partial charge in [0.2, 0.25) is 0 Å². The predicted molar refractivity (Wildman–Crippen MR) is 79.1 cm³/mol. The molecule has 0 N–H and O–H groups in total. The van der Waals surface area contributed by atoms with E-state index in [-0.39, 0.29) is 0 Å². The van der Waals surface area contributed by atoms with Crippen LogP contribution in [-0.2, 0) is 0 Å². The van der Waals surface area contributed by atoms with Gasteiger partial charge in [0.1, 0.15) is 6.07 Å². The smallest absolute Gasteiger partial charge is 0.102 e. The normalized spacial score (nSPS) is 15.7. The fourth-order valence-corrected chi connectivity index (χ4v) is 4.05. The molecule has 3 heteroatoms. The molecule has 0 aliphatic heterocycles. The maximum Gasteiger partial charge on any atom is 0.102 e. The van der Waals surface area contributed by atoms with Crippen molar-refractivity contribution >= 4 is 22.7 Å². The number of nitrogens with zero attached hydrogens (tertiary/aromatic N) is 2. The van der Waals surface area contributed by atoms with Crippen molar-refractivity contribution in [1.29, 1.82) is 5.26 Å². The third-order valence-electron chi connectivity index (χ3n) is 3.78. The Bertz CT molecular complexity index is 624. The van der Waals surface area contributed by atoms with E-state index in [0.29, 0.717) is 5.56 Å². The molecule has 0 bridgehead atoms. The Hall–Kier alpha value is -1.53. The molecule has 1 aliphatic rings. The summed E-state index contributed by atoms with van der Waals surface area (Å²) in [6, 6.07) is 10.4. The maximum atomic E-state index is 9.27. The first-order chi connectivity index (χ1) is 9.38. The van der Waals surface area contributed by atoms with Gasteiger partial charge in [-0.15, -0.1) is 11.8 Å². The van der Waals surface area contributed by atoms with Gasteiger partial charge in [-0.05, 0) is 24.8 Å². The fourth-order valence-electron chi connectivity index (χ4n) is 2.73. The van der Waals surface area contributed by atoms with Crippen LogP contribution in [0.3, 0.4) is 0 Å². The van der Waals surface area contributed by atoms with Crippen molar-refractivity contribution in [3.05, 3.63) is 36.0 Å². The molecule has 2 nitrogen and oxygen atoms in total. The van der Waals surface area contributed by atoms with E-state index in [2.05, 4.69) is 17.1 Å². The third-order valence-corrected chi connectivity index (χ3v) is 5.15. The lowest BCUT2D eigenvalue weighted by Crippen LogP contribution is -1.98. The first-order valence-corrected chi connectivity index (χ1v) is 7.77. The Morgan fingerprint density at radius 3 is 2.84 bits per heavy atom. The van der Waals surface area contributed by atoms with E-state index in [1.165, 1.54) is 25.7 Å². The van der Waals surface area contributed by atoms with Crippen LogP contribution in [0.25, 0.3) is 10.9 Å². The number of pyridine rings is 1. The number of nitriles is 1. The van der Waals surface area contributed by atoms with Crippen molar-refractivity contribution in [2.45, 2.75) is 30.6 Å². The van der Waals surface area contributed by atoms with Crippen LogP contribution in [0.4, 0.5) is 0 Å². The van der Waals surface area contributed by atoms with Gasteiger partial charge in [0.25, 0.3) is 0 Å². The van der Waals surface area contributed by atoms with E-state index < -0.39 is 0 Å². The molecule has 0 amide bonds.